The van der Waals surface area contributed by atoms with Crippen molar-refractivity contribution in [1.29, 1.82) is 0 Å². The summed E-state index contributed by atoms with van der Waals surface area (Å²) < 4.78 is 5.79. The van der Waals surface area contributed by atoms with E-state index in [1.165, 1.54) is 5.56 Å². The van der Waals surface area contributed by atoms with Crippen LogP contribution < -0.4 is 4.74 Å². The van der Waals surface area contributed by atoms with Crippen LogP contribution in [0.5, 0.6) is 5.75 Å². The predicted molar refractivity (Wildman–Crippen MR) is 82.2 cm³/mol. The number of rotatable bonds is 5. The summed E-state index contributed by atoms with van der Waals surface area (Å²) in [6.07, 6.45) is 0.427. The molecule has 0 aromatic heterocycles. The molecule has 1 atom stereocenters. The van der Waals surface area contributed by atoms with Crippen LogP contribution in [0.1, 0.15) is 36.6 Å². The van der Waals surface area contributed by atoms with E-state index in [2.05, 4.69) is 31.2 Å². The van der Waals surface area contributed by atoms with Crippen molar-refractivity contribution in [2.45, 2.75) is 33.0 Å². The number of benzene rings is 2. The second-order valence-corrected chi connectivity index (χ2v) is 5.25. The molecule has 2 aromatic rings. The van der Waals surface area contributed by atoms with Crippen LogP contribution in [0.3, 0.4) is 0 Å². The monoisotopic (exact) mass is 290 g/mol. The lowest BCUT2D eigenvalue weighted by Gasteiger charge is -2.14. The van der Waals surface area contributed by atoms with Crippen LogP contribution in [0, 0.1) is 0 Å². The fourth-order valence-corrected chi connectivity index (χ4v) is 2.19. The minimum atomic E-state index is -0.605. The van der Waals surface area contributed by atoms with Crippen LogP contribution in [-0.2, 0) is 13.0 Å². The Morgan fingerprint density at radius 2 is 1.75 bits per heavy atom. The Labute approximate surface area is 125 Å². The van der Waals surface area contributed by atoms with Gasteiger partial charge < -0.3 is 9.84 Å². The van der Waals surface area contributed by atoms with Gasteiger partial charge in [0.05, 0.1) is 6.10 Å². The summed E-state index contributed by atoms with van der Waals surface area (Å²) >= 11 is 5.94. The zero-order valence-electron chi connectivity index (χ0n) is 11.8. The highest BCUT2D eigenvalue weighted by Gasteiger charge is 2.10. The number of aliphatic hydroxyl groups is 1. The molecular formula is C17H19ClO2. The van der Waals surface area contributed by atoms with E-state index in [-0.39, 0.29) is 0 Å². The highest BCUT2D eigenvalue weighted by Crippen LogP contribution is 2.28. The molecule has 106 valence electrons. The molecule has 0 aliphatic heterocycles. The van der Waals surface area contributed by atoms with Crippen molar-refractivity contribution in [3.8, 4) is 5.75 Å². The first-order valence-electron chi connectivity index (χ1n) is 6.78. The van der Waals surface area contributed by atoms with Crippen molar-refractivity contribution in [3.05, 3.63) is 64.2 Å². The predicted octanol–water partition coefficient (Wildman–Crippen LogP) is 4.53. The molecule has 0 aliphatic rings. The highest BCUT2D eigenvalue weighted by molar-refractivity contribution is 6.30. The summed E-state index contributed by atoms with van der Waals surface area (Å²) in [5, 5.41) is 10.4. The van der Waals surface area contributed by atoms with E-state index in [1.807, 2.05) is 0 Å². The Kier molecular flexibility index (Phi) is 5.05. The van der Waals surface area contributed by atoms with E-state index in [9.17, 15) is 5.11 Å². The number of hydrogen-bond donors (Lipinski definition) is 1. The van der Waals surface area contributed by atoms with Crippen LogP contribution in [-0.4, -0.2) is 5.11 Å². The maximum atomic E-state index is 9.76. The molecule has 1 N–H and O–H groups in total. The van der Waals surface area contributed by atoms with Gasteiger partial charge in [0.25, 0.3) is 0 Å². The van der Waals surface area contributed by atoms with E-state index in [1.54, 1.807) is 25.1 Å². The van der Waals surface area contributed by atoms with Crippen molar-refractivity contribution in [3.63, 3.8) is 0 Å². The van der Waals surface area contributed by atoms with Crippen LogP contribution in [0.25, 0.3) is 0 Å². The number of ether oxygens (including phenoxy) is 1. The van der Waals surface area contributed by atoms with Crippen molar-refractivity contribution in [2.75, 3.05) is 0 Å². The molecule has 0 aliphatic carbocycles. The first kappa shape index (κ1) is 14.9. The molecule has 2 aromatic carbocycles. The number of halogens is 1. The lowest BCUT2D eigenvalue weighted by Crippen LogP contribution is -2.01. The maximum Gasteiger partial charge on any atom is 0.125 e. The van der Waals surface area contributed by atoms with Gasteiger partial charge in [0.15, 0.2) is 0 Å². The van der Waals surface area contributed by atoms with Gasteiger partial charge in [0.1, 0.15) is 12.4 Å². The molecule has 20 heavy (non-hydrogen) atoms. The van der Waals surface area contributed by atoms with Crippen molar-refractivity contribution < 1.29 is 9.84 Å². The van der Waals surface area contributed by atoms with Gasteiger partial charge in [-0.1, -0.05) is 42.8 Å². The zero-order valence-corrected chi connectivity index (χ0v) is 12.5. The van der Waals surface area contributed by atoms with Crippen LogP contribution in [0.15, 0.2) is 42.5 Å². The van der Waals surface area contributed by atoms with Gasteiger partial charge in [-0.05, 0) is 42.7 Å². The molecule has 0 radical (unpaired) electrons. The second-order valence-electron chi connectivity index (χ2n) is 4.82. The molecule has 0 saturated heterocycles. The van der Waals surface area contributed by atoms with Gasteiger partial charge in [-0.15, -0.1) is 0 Å². The van der Waals surface area contributed by atoms with Gasteiger partial charge in [0, 0.05) is 10.6 Å². The van der Waals surface area contributed by atoms with E-state index in [4.69, 9.17) is 16.3 Å². The third-order valence-electron chi connectivity index (χ3n) is 3.25. The third-order valence-corrected chi connectivity index (χ3v) is 3.48. The summed E-state index contributed by atoms with van der Waals surface area (Å²) in [5.41, 5.74) is 3.13. The number of hydrogen-bond acceptors (Lipinski definition) is 2. The lowest BCUT2D eigenvalue weighted by atomic mass is 10.1. The Morgan fingerprint density at radius 1 is 1.10 bits per heavy atom. The van der Waals surface area contributed by atoms with Crippen molar-refractivity contribution in [1.82, 2.24) is 0 Å². The first-order valence-corrected chi connectivity index (χ1v) is 7.16. The van der Waals surface area contributed by atoms with Gasteiger partial charge in [-0.3, -0.25) is 0 Å². The molecule has 2 nitrogen and oxygen atoms in total. The number of aliphatic hydroxyl groups excluding tert-OH is 1. The fourth-order valence-electron chi connectivity index (χ4n) is 2.01. The van der Waals surface area contributed by atoms with E-state index >= 15 is 0 Å². The van der Waals surface area contributed by atoms with Gasteiger partial charge in [-0.2, -0.15) is 0 Å². The molecule has 0 unspecified atom stereocenters. The van der Waals surface area contributed by atoms with Crippen LogP contribution in [0.4, 0.5) is 0 Å². The smallest absolute Gasteiger partial charge is 0.125 e. The summed E-state index contributed by atoms with van der Waals surface area (Å²) in [5.74, 6) is 0.670. The normalized spacial score (nSPS) is 12.2. The first-order chi connectivity index (χ1) is 9.60. The largest absolute Gasteiger partial charge is 0.489 e. The maximum absolute atomic E-state index is 9.76. The standard InChI is InChI=1S/C17H19ClO2/c1-3-13-4-6-14(7-5-13)11-20-17-9-8-15(18)10-16(17)12(2)19/h4-10,12,19H,3,11H2,1-2H3/t12-/m0/s1. The molecule has 0 amide bonds. The molecule has 0 saturated carbocycles. The molecule has 2 rings (SSSR count). The van der Waals surface area contributed by atoms with Crippen molar-refractivity contribution in [2.24, 2.45) is 0 Å². The Hall–Kier alpha value is -1.51. The van der Waals surface area contributed by atoms with Gasteiger partial charge >= 0.3 is 0 Å². The van der Waals surface area contributed by atoms with E-state index in [0.29, 0.717) is 22.9 Å². The quantitative estimate of drug-likeness (QED) is 0.876. The summed E-state index contributed by atoms with van der Waals surface area (Å²) in [6, 6.07) is 13.6. The summed E-state index contributed by atoms with van der Waals surface area (Å²) in [4.78, 5) is 0. The Morgan fingerprint density at radius 3 is 2.35 bits per heavy atom. The average molecular weight is 291 g/mol. The topological polar surface area (TPSA) is 29.5 Å². The summed E-state index contributed by atoms with van der Waals surface area (Å²) in [6.45, 7) is 4.31. The Balaban J connectivity index is 2.10. The van der Waals surface area contributed by atoms with Crippen LogP contribution >= 0.6 is 11.6 Å². The highest BCUT2D eigenvalue weighted by atomic mass is 35.5. The molecule has 0 bridgehead atoms. The van der Waals surface area contributed by atoms with Gasteiger partial charge in [0.2, 0.25) is 0 Å². The molecular weight excluding hydrogens is 272 g/mol. The van der Waals surface area contributed by atoms with Gasteiger partial charge in [-0.25, -0.2) is 0 Å². The SMILES string of the molecule is CCc1ccc(COc2ccc(Cl)cc2[C@H](C)O)cc1. The molecule has 0 heterocycles. The lowest BCUT2D eigenvalue weighted by molar-refractivity contribution is 0.190. The minimum absolute atomic E-state index is 0.478. The summed E-state index contributed by atoms with van der Waals surface area (Å²) in [7, 11) is 0. The average Bonchev–Trinajstić information content (AvgIpc) is 2.46. The second kappa shape index (κ2) is 6.78. The molecule has 0 spiro atoms. The Bertz CT molecular complexity index is 562. The van der Waals surface area contributed by atoms with E-state index < -0.39 is 6.10 Å². The fraction of sp³-hybridized carbons (Fsp3) is 0.294. The molecule has 3 heteroatoms. The zero-order chi connectivity index (χ0) is 14.5. The number of aryl methyl sites for hydroxylation is 1. The van der Waals surface area contributed by atoms with Crippen molar-refractivity contribution >= 4 is 11.6 Å². The minimum Gasteiger partial charge on any atom is -0.489 e. The van der Waals surface area contributed by atoms with E-state index in [0.717, 1.165) is 12.0 Å². The van der Waals surface area contributed by atoms with Crippen LogP contribution in [0.2, 0.25) is 5.02 Å². The third kappa shape index (κ3) is 3.75. The molecule has 0 fully saturated rings.